The topological polar surface area (TPSA) is 47.3 Å². The van der Waals surface area contributed by atoms with Crippen LogP contribution in [0.1, 0.15) is 65.2 Å². The Morgan fingerprint density at radius 1 is 1.19 bits per heavy atom. The Bertz CT molecular complexity index is 454. The molecule has 0 amide bonds. The standard InChI is InChI=1S/C18H30N2O/c1-16-6-13-7-17(2,10-16)12-18(8-13,11-16)15(20-19)14-4-3-5-21-9-14/h9,13,15,20H,3-8,10-12,19H2,1-2H3. The molecule has 1 aliphatic heterocycles. The number of hydrazine groups is 1. The summed E-state index contributed by atoms with van der Waals surface area (Å²) in [5.41, 5.74) is 6.08. The average molecular weight is 290 g/mol. The van der Waals surface area contributed by atoms with Gasteiger partial charge in [-0.3, -0.25) is 11.3 Å². The predicted molar refractivity (Wildman–Crippen MR) is 84.2 cm³/mol. The maximum absolute atomic E-state index is 6.06. The lowest BCUT2D eigenvalue weighted by molar-refractivity contribution is -0.154. The zero-order valence-electron chi connectivity index (χ0n) is 13.6. The zero-order chi connectivity index (χ0) is 14.7. The predicted octanol–water partition coefficient (Wildman–Crippen LogP) is 3.51. The van der Waals surface area contributed by atoms with Crippen LogP contribution in [0.15, 0.2) is 11.8 Å². The number of hydrogen-bond acceptors (Lipinski definition) is 3. The van der Waals surface area contributed by atoms with Crippen LogP contribution in [0.4, 0.5) is 0 Å². The van der Waals surface area contributed by atoms with E-state index in [2.05, 4.69) is 19.3 Å². The number of nitrogens with one attached hydrogen (secondary N) is 1. The maximum Gasteiger partial charge on any atom is 0.0876 e. The smallest absolute Gasteiger partial charge is 0.0876 e. The van der Waals surface area contributed by atoms with Crippen LogP contribution in [0.2, 0.25) is 0 Å². The van der Waals surface area contributed by atoms with E-state index < -0.39 is 0 Å². The molecule has 4 saturated carbocycles. The molecule has 0 saturated heterocycles. The number of nitrogens with two attached hydrogens (primary N) is 1. The molecule has 118 valence electrons. The summed E-state index contributed by atoms with van der Waals surface area (Å²) in [5, 5.41) is 0. The second-order valence-corrected chi connectivity index (χ2v) is 9.26. The van der Waals surface area contributed by atoms with Crippen LogP contribution in [0.5, 0.6) is 0 Å². The monoisotopic (exact) mass is 290 g/mol. The molecule has 0 aromatic rings. The van der Waals surface area contributed by atoms with Gasteiger partial charge in [-0.1, -0.05) is 13.8 Å². The molecule has 5 aliphatic rings. The van der Waals surface area contributed by atoms with E-state index in [1.807, 2.05) is 6.26 Å². The third-order valence-corrected chi connectivity index (χ3v) is 6.78. The Morgan fingerprint density at radius 3 is 2.43 bits per heavy atom. The van der Waals surface area contributed by atoms with E-state index in [9.17, 15) is 0 Å². The van der Waals surface area contributed by atoms with Crippen molar-refractivity contribution in [3.63, 3.8) is 0 Å². The lowest BCUT2D eigenvalue weighted by atomic mass is 9.38. The van der Waals surface area contributed by atoms with E-state index in [4.69, 9.17) is 10.6 Å². The Morgan fingerprint density at radius 2 is 1.90 bits per heavy atom. The Balaban J connectivity index is 1.70. The van der Waals surface area contributed by atoms with Gasteiger partial charge < -0.3 is 4.74 Å². The summed E-state index contributed by atoms with van der Waals surface area (Å²) in [7, 11) is 0. The lowest BCUT2D eigenvalue weighted by Crippen LogP contribution is -2.62. The molecule has 0 spiro atoms. The molecule has 0 aromatic heterocycles. The minimum Gasteiger partial charge on any atom is -0.501 e. The highest BCUT2D eigenvalue weighted by atomic mass is 16.5. The van der Waals surface area contributed by atoms with Gasteiger partial charge in [0, 0.05) is 0 Å². The van der Waals surface area contributed by atoms with Crippen molar-refractivity contribution in [1.82, 2.24) is 5.43 Å². The van der Waals surface area contributed by atoms with Crippen LogP contribution in [-0.2, 0) is 4.74 Å². The first-order chi connectivity index (χ1) is 9.96. The lowest BCUT2D eigenvalue weighted by Gasteiger charge is -2.67. The molecule has 5 rings (SSSR count). The van der Waals surface area contributed by atoms with Crippen molar-refractivity contribution in [2.24, 2.45) is 28.0 Å². The molecule has 0 aromatic carbocycles. The molecule has 4 fully saturated rings. The van der Waals surface area contributed by atoms with E-state index in [-0.39, 0.29) is 0 Å². The first-order valence-electron chi connectivity index (χ1n) is 8.73. The fourth-order valence-corrected chi connectivity index (χ4v) is 7.33. The van der Waals surface area contributed by atoms with Crippen LogP contribution in [0, 0.1) is 22.2 Å². The fraction of sp³-hybridized carbons (Fsp3) is 0.889. The molecule has 4 bridgehead atoms. The molecular formula is C18H30N2O. The van der Waals surface area contributed by atoms with Gasteiger partial charge in [-0.15, -0.1) is 0 Å². The largest absolute Gasteiger partial charge is 0.501 e. The normalized spacial score (nSPS) is 49.7. The minimum absolute atomic E-state index is 0.319. The Kier molecular flexibility index (Phi) is 3.01. The number of hydrogen-bond donors (Lipinski definition) is 2. The van der Waals surface area contributed by atoms with Crippen LogP contribution < -0.4 is 11.3 Å². The Labute approximate surface area is 128 Å². The van der Waals surface area contributed by atoms with Crippen LogP contribution in [0.25, 0.3) is 0 Å². The first-order valence-corrected chi connectivity index (χ1v) is 8.73. The molecule has 1 heterocycles. The van der Waals surface area contributed by atoms with Crippen molar-refractivity contribution in [3.8, 4) is 0 Å². The molecule has 0 radical (unpaired) electrons. The molecule has 4 aliphatic carbocycles. The van der Waals surface area contributed by atoms with Gasteiger partial charge in [0.05, 0.1) is 18.9 Å². The second-order valence-electron chi connectivity index (χ2n) is 9.26. The summed E-state index contributed by atoms with van der Waals surface area (Å²) in [6, 6.07) is 0.319. The SMILES string of the molecule is CC12CC3CC(C)(C1)CC(C(NN)C1=COCCC1)(C3)C2. The van der Waals surface area contributed by atoms with Crippen molar-refractivity contribution in [2.75, 3.05) is 6.61 Å². The summed E-state index contributed by atoms with van der Waals surface area (Å²) in [4.78, 5) is 0. The molecular weight excluding hydrogens is 260 g/mol. The van der Waals surface area contributed by atoms with Gasteiger partial charge in [0.25, 0.3) is 0 Å². The summed E-state index contributed by atoms with van der Waals surface area (Å²) in [5.74, 6) is 6.98. The van der Waals surface area contributed by atoms with Gasteiger partial charge in [0.1, 0.15) is 0 Å². The van der Waals surface area contributed by atoms with E-state index >= 15 is 0 Å². The van der Waals surface area contributed by atoms with Gasteiger partial charge >= 0.3 is 0 Å². The van der Waals surface area contributed by atoms with Gasteiger partial charge in [-0.05, 0) is 79.1 Å². The van der Waals surface area contributed by atoms with Crippen LogP contribution >= 0.6 is 0 Å². The molecule has 3 atom stereocenters. The molecule has 21 heavy (non-hydrogen) atoms. The fourth-order valence-electron chi connectivity index (χ4n) is 7.33. The van der Waals surface area contributed by atoms with Crippen molar-refractivity contribution in [1.29, 1.82) is 0 Å². The number of rotatable bonds is 3. The highest BCUT2D eigenvalue weighted by Gasteiger charge is 2.62. The zero-order valence-corrected chi connectivity index (χ0v) is 13.6. The van der Waals surface area contributed by atoms with Crippen LogP contribution in [0.3, 0.4) is 0 Å². The second kappa shape index (κ2) is 4.48. The summed E-state index contributed by atoms with van der Waals surface area (Å²) >= 11 is 0. The molecule has 3 nitrogen and oxygen atoms in total. The van der Waals surface area contributed by atoms with E-state index in [1.54, 1.807) is 0 Å². The summed E-state index contributed by atoms with van der Waals surface area (Å²) in [6.07, 6.45) is 12.7. The van der Waals surface area contributed by atoms with E-state index in [0.717, 1.165) is 25.4 Å². The van der Waals surface area contributed by atoms with Crippen molar-refractivity contribution in [2.45, 2.75) is 71.3 Å². The average Bonchev–Trinajstić information content (AvgIpc) is 2.36. The third kappa shape index (κ3) is 2.16. The van der Waals surface area contributed by atoms with Crippen LogP contribution in [-0.4, -0.2) is 12.6 Å². The third-order valence-electron chi connectivity index (χ3n) is 6.78. The molecule has 3 heteroatoms. The molecule has 3 unspecified atom stereocenters. The van der Waals surface area contributed by atoms with Crippen molar-refractivity contribution >= 4 is 0 Å². The van der Waals surface area contributed by atoms with Crippen molar-refractivity contribution in [3.05, 3.63) is 11.8 Å². The first kappa shape index (κ1) is 14.1. The quantitative estimate of drug-likeness (QED) is 0.617. The van der Waals surface area contributed by atoms with Gasteiger partial charge in [0.2, 0.25) is 0 Å². The van der Waals surface area contributed by atoms with Gasteiger partial charge in [0.15, 0.2) is 0 Å². The van der Waals surface area contributed by atoms with E-state index in [1.165, 1.54) is 44.1 Å². The highest BCUT2D eigenvalue weighted by molar-refractivity contribution is 5.22. The van der Waals surface area contributed by atoms with E-state index in [0.29, 0.717) is 22.3 Å². The molecule has 3 N–H and O–H groups in total. The van der Waals surface area contributed by atoms with Gasteiger partial charge in [-0.2, -0.15) is 0 Å². The summed E-state index contributed by atoms with van der Waals surface area (Å²) in [6.45, 7) is 5.93. The maximum atomic E-state index is 6.06. The summed E-state index contributed by atoms with van der Waals surface area (Å²) < 4.78 is 5.62. The Hall–Kier alpha value is -0.540. The van der Waals surface area contributed by atoms with Crippen molar-refractivity contribution < 1.29 is 4.74 Å². The van der Waals surface area contributed by atoms with Gasteiger partial charge in [-0.25, -0.2) is 0 Å². The highest BCUT2D eigenvalue weighted by Crippen LogP contribution is 2.70. The minimum atomic E-state index is 0.319. The number of ether oxygens (including phenoxy) is 1.